The third kappa shape index (κ3) is 27.3. The van der Waals surface area contributed by atoms with E-state index in [-0.39, 0.29) is 76.6 Å². The first kappa shape index (κ1) is 49.0. The number of carbonyl (C=O) groups is 9. The van der Waals surface area contributed by atoms with Crippen molar-refractivity contribution in [3.63, 3.8) is 0 Å². The lowest BCUT2D eigenvalue weighted by atomic mass is 10.1. The lowest BCUT2D eigenvalue weighted by Crippen LogP contribution is -2.49. The number of carboxylic acid groups (broad SMARTS) is 5. The number of nitrogens with zero attached hydrogens (tertiary/aromatic N) is 3. The number of likely N-dealkylation sites (N-methyl/N-ethyl adjacent to an activating group) is 1. The van der Waals surface area contributed by atoms with Gasteiger partial charge in [-0.1, -0.05) is 21.6 Å². The molecule has 0 spiro atoms. The van der Waals surface area contributed by atoms with Gasteiger partial charge in [-0.2, -0.15) is 0 Å². The molecule has 302 valence electrons. The molecule has 3 amide bonds. The van der Waals surface area contributed by atoms with Gasteiger partial charge in [0.15, 0.2) is 5.78 Å². The molecule has 0 aromatic carbocycles. The molecule has 0 aliphatic carbocycles. The molecular formula is C30H51N7O14S2. The molecule has 21 nitrogen and oxygen atoms in total. The maximum absolute atomic E-state index is 12.5. The Hall–Kier alpha value is -4.03. The van der Waals surface area contributed by atoms with Gasteiger partial charge in [0.05, 0.1) is 44.8 Å². The van der Waals surface area contributed by atoms with E-state index in [0.29, 0.717) is 18.1 Å². The van der Waals surface area contributed by atoms with E-state index in [9.17, 15) is 53.4 Å². The fraction of sp³-hybridized carbons (Fsp3) is 0.700. The number of nitrogens with one attached hydrogen (secondary N) is 4. The monoisotopic (exact) mass is 797 g/mol. The highest BCUT2D eigenvalue weighted by molar-refractivity contribution is 8.76. The average molecular weight is 798 g/mol. The number of hydrogen-bond acceptors (Lipinski definition) is 15. The zero-order valence-electron chi connectivity index (χ0n) is 29.7. The van der Waals surface area contributed by atoms with Gasteiger partial charge in [-0.15, -0.1) is 0 Å². The summed E-state index contributed by atoms with van der Waals surface area (Å²) in [5.74, 6) is -6.65. The first-order valence-electron chi connectivity index (χ1n) is 16.4. The molecule has 0 aliphatic heterocycles. The van der Waals surface area contributed by atoms with Crippen LogP contribution in [0.2, 0.25) is 0 Å². The van der Waals surface area contributed by atoms with E-state index in [0.717, 1.165) is 4.90 Å². The van der Waals surface area contributed by atoms with Crippen LogP contribution in [0.4, 0.5) is 0 Å². The summed E-state index contributed by atoms with van der Waals surface area (Å²) in [6, 6.07) is -1.71. The third-order valence-corrected chi connectivity index (χ3v) is 9.55. The number of ketones is 1. The molecule has 2 unspecified atom stereocenters. The number of amides is 3. The SMILES string of the molecule is CNC(CCC(=O)O)C(=O)NC(CCC(=O)NCCSSCCNC(=O)CN(CCN(CCN(CC(=O)O)CC(=O)O)CC(=O)O)CC(=O)O)C(C)=O. The van der Waals surface area contributed by atoms with Crippen LogP contribution >= 0.6 is 21.6 Å². The first-order valence-corrected chi connectivity index (χ1v) is 18.9. The first-order chi connectivity index (χ1) is 24.9. The minimum Gasteiger partial charge on any atom is -0.481 e. The zero-order chi connectivity index (χ0) is 40.3. The molecule has 0 aliphatic rings. The molecule has 0 aromatic heterocycles. The Bertz CT molecular complexity index is 1230. The molecule has 0 fully saturated rings. The standard InChI is InChI=1S/C30H51N7O14S2/c1-20(38)21(34-30(51)22(31-2)4-6-25(41)42)3-5-23(39)32-7-13-52-53-14-8-33-24(40)15-36(17-27(45)46)11-9-35(16-26(43)44)10-12-37(18-28(47)48)19-29(49)50/h21-22,31H,3-19H2,1-2H3,(H,32,39)(H,33,40)(H,34,51)(H,41,42)(H,43,44)(H,45,46)(H,47,48)(H,49,50). The van der Waals surface area contributed by atoms with Crippen LogP contribution in [0.5, 0.6) is 0 Å². The molecule has 0 aromatic rings. The second-order valence-corrected chi connectivity index (χ2v) is 14.3. The van der Waals surface area contributed by atoms with Gasteiger partial charge in [-0.05, 0) is 26.8 Å². The highest BCUT2D eigenvalue weighted by Crippen LogP contribution is 2.19. The van der Waals surface area contributed by atoms with Gasteiger partial charge in [0.2, 0.25) is 17.7 Å². The largest absolute Gasteiger partial charge is 0.481 e. The summed E-state index contributed by atoms with van der Waals surface area (Å²) >= 11 is 0. The summed E-state index contributed by atoms with van der Waals surface area (Å²) in [5.41, 5.74) is 0. The smallest absolute Gasteiger partial charge is 0.317 e. The van der Waals surface area contributed by atoms with Crippen LogP contribution in [0.1, 0.15) is 32.6 Å². The molecule has 0 rings (SSSR count). The molecule has 0 radical (unpaired) electrons. The summed E-state index contributed by atoms with van der Waals surface area (Å²) in [5, 5.41) is 56.1. The predicted octanol–water partition coefficient (Wildman–Crippen LogP) is -2.85. The van der Waals surface area contributed by atoms with Crippen molar-refractivity contribution in [1.29, 1.82) is 0 Å². The van der Waals surface area contributed by atoms with E-state index >= 15 is 0 Å². The number of rotatable bonds is 33. The van der Waals surface area contributed by atoms with Crippen LogP contribution in [-0.4, -0.2) is 196 Å². The molecule has 0 heterocycles. The molecule has 2 atom stereocenters. The Labute approximate surface area is 314 Å². The van der Waals surface area contributed by atoms with Gasteiger partial charge in [-0.3, -0.25) is 57.9 Å². The summed E-state index contributed by atoms with van der Waals surface area (Å²) in [7, 11) is 4.35. The van der Waals surface area contributed by atoms with Crippen molar-refractivity contribution >= 4 is 74.9 Å². The van der Waals surface area contributed by atoms with Crippen molar-refractivity contribution in [2.75, 3.05) is 90.5 Å². The minimum atomic E-state index is -1.26. The van der Waals surface area contributed by atoms with Gasteiger partial charge in [-0.25, -0.2) is 0 Å². The number of carbonyl (C=O) groups excluding carboxylic acids is 4. The van der Waals surface area contributed by atoms with E-state index in [1.807, 2.05) is 0 Å². The predicted molar refractivity (Wildman–Crippen MR) is 192 cm³/mol. The maximum Gasteiger partial charge on any atom is 0.317 e. The topological polar surface area (TPSA) is 313 Å². The van der Waals surface area contributed by atoms with Crippen LogP contribution in [-0.2, 0) is 43.2 Å². The second kappa shape index (κ2) is 28.5. The summed E-state index contributed by atoms with van der Waals surface area (Å²) in [6.07, 6.45) is -0.155. The summed E-state index contributed by atoms with van der Waals surface area (Å²) < 4.78 is 0. The Morgan fingerprint density at radius 2 is 0.962 bits per heavy atom. The van der Waals surface area contributed by atoms with Gasteiger partial charge in [0.25, 0.3) is 0 Å². The Morgan fingerprint density at radius 1 is 0.547 bits per heavy atom. The molecule has 23 heteroatoms. The van der Waals surface area contributed by atoms with Gasteiger partial charge in [0, 0.05) is 63.6 Å². The molecule has 0 bridgehead atoms. The van der Waals surface area contributed by atoms with Crippen LogP contribution in [0.15, 0.2) is 0 Å². The van der Waals surface area contributed by atoms with E-state index in [1.165, 1.54) is 45.4 Å². The fourth-order valence-corrected chi connectivity index (χ4v) is 6.37. The number of aliphatic carboxylic acids is 5. The Kier molecular flexibility index (Phi) is 26.3. The van der Waals surface area contributed by atoms with Crippen molar-refractivity contribution in [2.24, 2.45) is 0 Å². The van der Waals surface area contributed by atoms with Gasteiger partial charge >= 0.3 is 29.8 Å². The van der Waals surface area contributed by atoms with Crippen molar-refractivity contribution in [3.05, 3.63) is 0 Å². The van der Waals surface area contributed by atoms with Crippen molar-refractivity contribution in [3.8, 4) is 0 Å². The van der Waals surface area contributed by atoms with Gasteiger partial charge in [0.1, 0.15) is 0 Å². The van der Waals surface area contributed by atoms with Crippen LogP contribution in [0.3, 0.4) is 0 Å². The lowest BCUT2D eigenvalue weighted by Gasteiger charge is -2.27. The molecule has 0 saturated heterocycles. The minimum absolute atomic E-state index is 0.00498. The fourth-order valence-electron chi connectivity index (χ4n) is 4.56. The number of carboxylic acids is 5. The normalized spacial score (nSPS) is 12.2. The quantitative estimate of drug-likeness (QED) is 0.0238. The van der Waals surface area contributed by atoms with E-state index in [2.05, 4.69) is 21.3 Å². The zero-order valence-corrected chi connectivity index (χ0v) is 31.4. The highest BCUT2D eigenvalue weighted by Gasteiger charge is 2.24. The van der Waals surface area contributed by atoms with E-state index in [4.69, 9.17) is 15.3 Å². The Balaban J connectivity index is 4.57. The second-order valence-electron chi connectivity index (χ2n) is 11.6. The molecular weight excluding hydrogens is 746 g/mol. The van der Waals surface area contributed by atoms with Crippen LogP contribution < -0.4 is 21.3 Å². The van der Waals surface area contributed by atoms with E-state index in [1.54, 1.807) is 0 Å². The average Bonchev–Trinajstić information content (AvgIpc) is 3.04. The molecule has 53 heavy (non-hydrogen) atoms. The number of hydrogen-bond donors (Lipinski definition) is 9. The number of Topliss-reactive ketones (excluding diaryl/α,β-unsaturated/α-hetero) is 1. The third-order valence-electron chi connectivity index (χ3n) is 7.15. The molecule has 9 N–H and O–H groups in total. The van der Waals surface area contributed by atoms with Crippen molar-refractivity contribution < 1.29 is 68.7 Å². The molecule has 0 saturated carbocycles. The van der Waals surface area contributed by atoms with Crippen molar-refractivity contribution in [1.82, 2.24) is 36.0 Å². The summed E-state index contributed by atoms with van der Waals surface area (Å²) in [6.45, 7) is -0.679. The van der Waals surface area contributed by atoms with Gasteiger partial charge < -0.3 is 46.8 Å². The lowest BCUT2D eigenvalue weighted by molar-refractivity contribution is -0.143. The van der Waals surface area contributed by atoms with Crippen LogP contribution in [0, 0.1) is 0 Å². The van der Waals surface area contributed by atoms with Crippen LogP contribution in [0.25, 0.3) is 0 Å². The highest BCUT2D eigenvalue weighted by atomic mass is 33.1. The van der Waals surface area contributed by atoms with Crippen molar-refractivity contribution in [2.45, 2.75) is 44.7 Å². The Morgan fingerprint density at radius 3 is 1.40 bits per heavy atom. The summed E-state index contributed by atoms with van der Waals surface area (Å²) in [4.78, 5) is 109. The van der Waals surface area contributed by atoms with E-state index < -0.39 is 79.9 Å². The maximum atomic E-state index is 12.5.